The first-order chi connectivity index (χ1) is 13.5. The number of benzene rings is 1. The van der Waals surface area contributed by atoms with Crippen LogP contribution in [0.1, 0.15) is 56.1 Å². The monoisotopic (exact) mass is 381 g/mol. The van der Waals surface area contributed by atoms with Crippen molar-refractivity contribution in [3.05, 3.63) is 54.3 Å². The van der Waals surface area contributed by atoms with Crippen LogP contribution < -0.4 is 5.32 Å². The lowest BCUT2D eigenvalue weighted by Gasteiger charge is -2.15. The van der Waals surface area contributed by atoms with Gasteiger partial charge in [0.15, 0.2) is 11.5 Å². The molecule has 1 aliphatic carbocycles. The van der Waals surface area contributed by atoms with Gasteiger partial charge in [0.2, 0.25) is 0 Å². The van der Waals surface area contributed by atoms with E-state index in [0.717, 1.165) is 29.8 Å². The zero-order valence-corrected chi connectivity index (χ0v) is 16.1. The molecular weight excluding hydrogens is 357 g/mol. The quantitative estimate of drug-likeness (QED) is 0.661. The van der Waals surface area contributed by atoms with Crippen LogP contribution >= 0.6 is 0 Å². The third kappa shape index (κ3) is 3.59. The summed E-state index contributed by atoms with van der Waals surface area (Å²) in [5, 5.41) is 2.84. The Hall–Kier alpha value is -2.89. The fraction of sp³-hybridized carbons (Fsp3) is 0.364. The second kappa shape index (κ2) is 7.62. The Balaban J connectivity index is 1.77. The molecule has 3 aromatic rings. The summed E-state index contributed by atoms with van der Waals surface area (Å²) < 4.78 is 21.5. The molecule has 1 amide bonds. The van der Waals surface area contributed by atoms with Gasteiger partial charge >= 0.3 is 0 Å². The van der Waals surface area contributed by atoms with Crippen molar-refractivity contribution in [2.24, 2.45) is 0 Å². The highest BCUT2D eigenvalue weighted by Gasteiger charge is 2.26. The van der Waals surface area contributed by atoms with Crippen molar-refractivity contribution in [2.75, 3.05) is 0 Å². The predicted octanol–water partition coefficient (Wildman–Crippen LogP) is 5.20. The van der Waals surface area contributed by atoms with Gasteiger partial charge < -0.3 is 14.3 Å². The van der Waals surface area contributed by atoms with Crippen molar-refractivity contribution in [1.29, 1.82) is 0 Å². The molecule has 2 heterocycles. The highest BCUT2D eigenvalue weighted by atomic mass is 19.1. The maximum Gasteiger partial charge on any atom is 0.287 e. The number of carbonyl (C=O) groups excluding carboxylic acids is 1. The average Bonchev–Trinajstić information content (AvgIpc) is 3.40. The Bertz CT molecular complexity index is 966. The van der Waals surface area contributed by atoms with E-state index in [4.69, 9.17) is 4.42 Å². The molecule has 146 valence electrons. The first kappa shape index (κ1) is 18.5. The number of aromatic nitrogens is 2. The number of hydrogen-bond acceptors (Lipinski definition) is 3. The third-order valence-corrected chi connectivity index (χ3v) is 5.11. The van der Waals surface area contributed by atoms with Crippen LogP contribution in [0.25, 0.3) is 22.7 Å². The second-order valence-electron chi connectivity index (χ2n) is 7.59. The maximum absolute atomic E-state index is 13.4. The van der Waals surface area contributed by atoms with Gasteiger partial charge in [-0.2, -0.15) is 0 Å². The van der Waals surface area contributed by atoms with Crippen LogP contribution in [0.3, 0.4) is 0 Å². The number of halogens is 1. The molecule has 5 nitrogen and oxygen atoms in total. The fourth-order valence-electron chi connectivity index (χ4n) is 3.80. The molecule has 0 unspecified atom stereocenters. The Morgan fingerprint density at radius 3 is 2.57 bits per heavy atom. The smallest absolute Gasteiger partial charge is 0.287 e. The highest BCUT2D eigenvalue weighted by Crippen LogP contribution is 2.39. The van der Waals surface area contributed by atoms with Crippen molar-refractivity contribution in [3.8, 4) is 22.7 Å². The summed E-state index contributed by atoms with van der Waals surface area (Å²) >= 11 is 0. The maximum atomic E-state index is 13.4. The van der Waals surface area contributed by atoms with E-state index in [0.29, 0.717) is 11.8 Å². The second-order valence-corrected chi connectivity index (χ2v) is 7.59. The summed E-state index contributed by atoms with van der Waals surface area (Å²) in [7, 11) is 0. The molecule has 0 atom stereocenters. The van der Waals surface area contributed by atoms with E-state index in [9.17, 15) is 9.18 Å². The normalized spacial score (nSPS) is 14.7. The zero-order chi connectivity index (χ0) is 19.7. The van der Waals surface area contributed by atoms with Gasteiger partial charge in [0.25, 0.3) is 5.91 Å². The molecule has 0 aliphatic heterocycles. The minimum absolute atomic E-state index is 0.0276. The summed E-state index contributed by atoms with van der Waals surface area (Å²) in [5.74, 6) is 0.341. The van der Waals surface area contributed by atoms with E-state index in [1.54, 1.807) is 18.2 Å². The molecule has 1 fully saturated rings. The molecule has 0 bridgehead atoms. The number of nitrogens with one attached hydrogen (secondary N) is 1. The van der Waals surface area contributed by atoms with E-state index in [-0.39, 0.29) is 23.5 Å². The highest BCUT2D eigenvalue weighted by molar-refractivity contribution is 5.92. The van der Waals surface area contributed by atoms with Gasteiger partial charge in [0.1, 0.15) is 11.5 Å². The van der Waals surface area contributed by atoms with Crippen LogP contribution in [0, 0.1) is 5.82 Å². The summed E-state index contributed by atoms with van der Waals surface area (Å²) in [6.45, 7) is 3.81. The molecule has 28 heavy (non-hydrogen) atoms. The first-order valence-electron chi connectivity index (χ1n) is 9.77. The van der Waals surface area contributed by atoms with Crippen molar-refractivity contribution < 1.29 is 13.6 Å². The van der Waals surface area contributed by atoms with Crippen molar-refractivity contribution in [1.82, 2.24) is 14.9 Å². The lowest BCUT2D eigenvalue weighted by molar-refractivity contribution is 0.0916. The van der Waals surface area contributed by atoms with Crippen LogP contribution in [0.15, 0.2) is 47.1 Å². The fourth-order valence-corrected chi connectivity index (χ4v) is 3.80. The van der Waals surface area contributed by atoms with Crippen LogP contribution in [0.2, 0.25) is 0 Å². The predicted molar refractivity (Wildman–Crippen MR) is 105 cm³/mol. The SMILES string of the molecule is CC(C)NC(=O)c1ccc(-c2c(-c3ccc(F)cc3)ncn2C2CCCC2)o1. The van der Waals surface area contributed by atoms with Crippen LogP contribution in [-0.4, -0.2) is 21.5 Å². The van der Waals surface area contributed by atoms with E-state index in [1.165, 1.54) is 25.0 Å². The number of imidazole rings is 1. The minimum Gasteiger partial charge on any atom is -0.449 e. The topological polar surface area (TPSA) is 60.1 Å². The van der Waals surface area contributed by atoms with E-state index < -0.39 is 0 Å². The number of hydrogen-bond donors (Lipinski definition) is 1. The van der Waals surface area contributed by atoms with Crippen LogP contribution in [0.4, 0.5) is 4.39 Å². The number of amides is 1. The molecule has 0 radical (unpaired) electrons. The van der Waals surface area contributed by atoms with E-state index in [1.807, 2.05) is 26.2 Å². The number of furan rings is 1. The molecule has 0 saturated heterocycles. The van der Waals surface area contributed by atoms with Crippen molar-refractivity contribution >= 4 is 5.91 Å². The molecule has 1 saturated carbocycles. The van der Waals surface area contributed by atoms with Crippen molar-refractivity contribution in [2.45, 2.75) is 51.6 Å². The molecule has 4 rings (SSSR count). The van der Waals surface area contributed by atoms with Gasteiger partial charge in [-0.25, -0.2) is 9.37 Å². The summed E-state index contributed by atoms with van der Waals surface area (Å²) in [6, 6.07) is 10.2. The standard InChI is InChI=1S/C22H24FN3O2/c1-14(2)25-22(27)19-12-11-18(28-19)21-20(15-7-9-16(23)10-8-15)24-13-26(21)17-5-3-4-6-17/h7-14,17H,3-6H2,1-2H3,(H,25,27). The largest absolute Gasteiger partial charge is 0.449 e. The molecule has 1 aromatic carbocycles. The average molecular weight is 381 g/mol. The molecule has 1 aliphatic rings. The zero-order valence-electron chi connectivity index (χ0n) is 16.1. The Labute approximate surface area is 163 Å². The van der Waals surface area contributed by atoms with Gasteiger partial charge in [-0.15, -0.1) is 0 Å². The Kier molecular flexibility index (Phi) is 5.03. The Morgan fingerprint density at radius 1 is 1.18 bits per heavy atom. The Morgan fingerprint density at radius 2 is 1.89 bits per heavy atom. The molecule has 2 aromatic heterocycles. The lowest BCUT2D eigenvalue weighted by atomic mass is 10.1. The summed E-state index contributed by atoms with van der Waals surface area (Å²) in [4.78, 5) is 16.9. The van der Waals surface area contributed by atoms with Crippen LogP contribution in [0.5, 0.6) is 0 Å². The van der Waals surface area contributed by atoms with Gasteiger partial charge in [0.05, 0.1) is 12.0 Å². The first-order valence-corrected chi connectivity index (χ1v) is 9.77. The minimum atomic E-state index is -0.286. The number of nitrogens with zero attached hydrogens (tertiary/aromatic N) is 2. The number of rotatable bonds is 5. The van der Waals surface area contributed by atoms with Crippen molar-refractivity contribution in [3.63, 3.8) is 0 Å². The summed E-state index contributed by atoms with van der Waals surface area (Å²) in [6.07, 6.45) is 6.39. The third-order valence-electron chi connectivity index (χ3n) is 5.11. The summed E-state index contributed by atoms with van der Waals surface area (Å²) in [5.41, 5.74) is 2.39. The van der Waals surface area contributed by atoms with Crippen LogP contribution in [-0.2, 0) is 0 Å². The molecule has 0 spiro atoms. The van der Waals surface area contributed by atoms with E-state index >= 15 is 0 Å². The van der Waals surface area contributed by atoms with Gasteiger partial charge in [-0.3, -0.25) is 4.79 Å². The van der Waals surface area contributed by atoms with Gasteiger partial charge in [-0.1, -0.05) is 12.8 Å². The van der Waals surface area contributed by atoms with Gasteiger partial charge in [-0.05, 0) is 63.1 Å². The lowest BCUT2D eigenvalue weighted by Crippen LogP contribution is -2.29. The number of carbonyl (C=O) groups is 1. The molecule has 6 heteroatoms. The van der Waals surface area contributed by atoms with E-state index in [2.05, 4.69) is 14.9 Å². The molecule has 1 N–H and O–H groups in total. The molecular formula is C22H24FN3O2. The van der Waals surface area contributed by atoms with Gasteiger partial charge in [0, 0.05) is 17.6 Å².